The van der Waals surface area contributed by atoms with Gasteiger partial charge in [-0.25, -0.2) is 4.39 Å². The summed E-state index contributed by atoms with van der Waals surface area (Å²) >= 11 is 0. The molecule has 0 aromatic heterocycles. The Balaban J connectivity index is 1.83. The molecule has 3 rings (SSSR count). The van der Waals surface area contributed by atoms with E-state index in [0.717, 1.165) is 29.7 Å². The van der Waals surface area contributed by atoms with Crippen molar-refractivity contribution in [2.75, 3.05) is 5.73 Å². The molecule has 2 aromatic carbocycles. The highest BCUT2D eigenvalue weighted by Gasteiger charge is 2.25. The summed E-state index contributed by atoms with van der Waals surface area (Å²) in [7, 11) is 0. The van der Waals surface area contributed by atoms with E-state index >= 15 is 0 Å². The summed E-state index contributed by atoms with van der Waals surface area (Å²) in [6.45, 7) is 1.65. The molecule has 0 saturated carbocycles. The fourth-order valence-electron chi connectivity index (χ4n) is 2.85. The Morgan fingerprint density at radius 2 is 2.14 bits per heavy atom. The number of halogens is 1. The van der Waals surface area contributed by atoms with Gasteiger partial charge in [-0.2, -0.15) is 0 Å². The third-order valence-corrected chi connectivity index (χ3v) is 3.99. The van der Waals surface area contributed by atoms with Gasteiger partial charge in [0.2, 0.25) is 0 Å². The van der Waals surface area contributed by atoms with Gasteiger partial charge in [0.1, 0.15) is 5.82 Å². The van der Waals surface area contributed by atoms with Gasteiger partial charge in [-0.15, -0.1) is 0 Å². The van der Waals surface area contributed by atoms with E-state index in [0.29, 0.717) is 5.56 Å². The maximum absolute atomic E-state index is 14.0. The van der Waals surface area contributed by atoms with E-state index in [9.17, 15) is 9.18 Å². The SMILES string of the molecule is Cc1cccc(C(=O)NC2CCc3cc(N)ccc32)c1F. The smallest absolute Gasteiger partial charge is 0.254 e. The van der Waals surface area contributed by atoms with Crippen LogP contribution in [0.3, 0.4) is 0 Å². The Morgan fingerprint density at radius 3 is 2.95 bits per heavy atom. The Bertz CT molecular complexity index is 712. The highest BCUT2D eigenvalue weighted by molar-refractivity contribution is 5.95. The fraction of sp³-hybridized carbons (Fsp3) is 0.235. The van der Waals surface area contributed by atoms with Crippen LogP contribution >= 0.6 is 0 Å². The molecule has 1 aliphatic rings. The lowest BCUT2D eigenvalue weighted by Crippen LogP contribution is -2.28. The van der Waals surface area contributed by atoms with Crippen LogP contribution in [0.4, 0.5) is 10.1 Å². The molecule has 0 fully saturated rings. The maximum Gasteiger partial charge on any atom is 0.254 e. The second kappa shape index (κ2) is 5.20. The third-order valence-electron chi connectivity index (χ3n) is 3.99. The first-order valence-corrected chi connectivity index (χ1v) is 7.00. The summed E-state index contributed by atoms with van der Waals surface area (Å²) in [4.78, 5) is 12.3. The van der Waals surface area contributed by atoms with Crippen LogP contribution in [-0.2, 0) is 6.42 Å². The maximum atomic E-state index is 14.0. The zero-order chi connectivity index (χ0) is 15.0. The molecular weight excluding hydrogens is 267 g/mol. The second-order valence-corrected chi connectivity index (χ2v) is 5.46. The number of fused-ring (bicyclic) bond motifs is 1. The second-order valence-electron chi connectivity index (χ2n) is 5.46. The van der Waals surface area contributed by atoms with E-state index in [1.165, 1.54) is 6.07 Å². The molecule has 4 heteroatoms. The van der Waals surface area contributed by atoms with Crippen molar-refractivity contribution < 1.29 is 9.18 Å². The van der Waals surface area contributed by atoms with Crippen molar-refractivity contribution in [3.8, 4) is 0 Å². The van der Waals surface area contributed by atoms with Crippen molar-refractivity contribution in [2.24, 2.45) is 0 Å². The zero-order valence-corrected chi connectivity index (χ0v) is 11.8. The number of rotatable bonds is 2. The highest BCUT2D eigenvalue weighted by atomic mass is 19.1. The predicted molar refractivity (Wildman–Crippen MR) is 80.5 cm³/mol. The Kier molecular flexibility index (Phi) is 3.37. The van der Waals surface area contributed by atoms with Gasteiger partial charge in [-0.05, 0) is 54.7 Å². The van der Waals surface area contributed by atoms with Crippen molar-refractivity contribution in [2.45, 2.75) is 25.8 Å². The first-order valence-electron chi connectivity index (χ1n) is 7.00. The van der Waals surface area contributed by atoms with Crippen LogP contribution < -0.4 is 11.1 Å². The van der Waals surface area contributed by atoms with Crippen LogP contribution in [0.1, 0.15) is 39.5 Å². The number of benzene rings is 2. The monoisotopic (exact) mass is 284 g/mol. The van der Waals surface area contributed by atoms with Gasteiger partial charge in [-0.3, -0.25) is 4.79 Å². The minimum Gasteiger partial charge on any atom is -0.399 e. The van der Waals surface area contributed by atoms with Crippen LogP contribution in [0.25, 0.3) is 0 Å². The standard InChI is InChI=1S/C17H17FN2O/c1-10-3-2-4-14(16(10)18)17(21)20-15-8-5-11-9-12(19)6-7-13(11)15/h2-4,6-7,9,15H,5,8,19H2,1H3,(H,20,21). The first-order chi connectivity index (χ1) is 10.1. The van der Waals surface area contributed by atoms with Gasteiger partial charge in [0.25, 0.3) is 5.91 Å². The van der Waals surface area contributed by atoms with Crippen molar-refractivity contribution in [3.05, 3.63) is 64.5 Å². The number of carbonyl (C=O) groups is 1. The van der Waals surface area contributed by atoms with Gasteiger partial charge in [0.05, 0.1) is 11.6 Å². The molecule has 1 atom stereocenters. The zero-order valence-electron chi connectivity index (χ0n) is 11.8. The number of hydrogen-bond acceptors (Lipinski definition) is 2. The van der Waals surface area contributed by atoms with E-state index < -0.39 is 5.82 Å². The van der Waals surface area contributed by atoms with Gasteiger partial charge in [0, 0.05) is 5.69 Å². The Morgan fingerprint density at radius 1 is 1.33 bits per heavy atom. The quantitative estimate of drug-likeness (QED) is 0.832. The summed E-state index contributed by atoms with van der Waals surface area (Å²) < 4.78 is 14.0. The number of carbonyl (C=O) groups excluding carboxylic acids is 1. The molecule has 0 bridgehead atoms. The van der Waals surface area contributed by atoms with E-state index in [4.69, 9.17) is 5.73 Å². The molecule has 1 amide bonds. The number of nitrogen functional groups attached to an aromatic ring is 1. The molecule has 0 spiro atoms. The molecular formula is C17H17FN2O. The Labute approximate surface area is 123 Å². The van der Waals surface area contributed by atoms with Gasteiger partial charge < -0.3 is 11.1 Å². The molecule has 0 aliphatic heterocycles. The molecule has 0 heterocycles. The van der Waals surface area contributed by atoms with Crippen molar-refractivity contribution in [1.82, 2.24) is 5.32 Å². The topological polar surface area (TPSA) is 55.1 Å². The summed E-state index contributed by atoms with van der Waals surface area (Å²) in [5.74, 6) is -0.823. The Hall–Kier alpha value is -2.36. The average Bonchev–Trinajstić information content (AvgIpc) is 2.84. The molecule has 1 aliphatic carbocycles. The average molecular weight is 284 g/mol. The third kappa shape index (κ3) is 2.49. The molecule has 0 saturated heterocycles. The van der Waals surface area contributed by atoms with Crippen LogP contribution in [0.15, 0.2) is 36.4 Å². The van der Waals surface area contributed by atoms with Gasteiger partial charge >= 0.3 is 0 Å². The van der Waals surface area contributed by atoms with Crippen LogP contribution in [0.5, 0.6) is 0 Å². The normalized spacial score (nSPS) is 16.6. The summed E-state index contributed by atoms with van der Waals surface area (Å²) in [6, 6.07) is 10.5. The predicted octanol–water partition coefficient (Wildman–Crippen LogP) is 3.13. The largest absolute Gasteiger partial charge is 0.399 e. The molecule has 3 N–H and O–H groups in total. The number of nitrogens with one attached hydrogen (secondary N) is 1. The molecule has 0 radical (unpaired) electrons. The molecule has 108 valence electrons. The molecule has 21 heavy (non-hydrogen) atoms. The number of nitrogens with two attached hydrogens (primary N) is 1. The summed E-state index contributed by atoms with van der Waals surface area (Å²) in [6.07, 6.45) is 1.69. The van der Waals surface area contributed by atoms with Gasteiger partial charge in [-0.1, -0.05) is 18.2 Å². The number of amides is 1. The minimum absolute atomic E-state index is 0.0759. The molecule has 3 nitrogen and oxygen atoms in total. The van der Waals surface area contributed by atoms with E-state index in [1.807, 2.05) is 18.2 Å². The lowest BCUT2D eigenvalue weighted by Gasteiger charge is -2.15. The van der Waals surface area contributed by atoms with E-state index in [2.05, 4.69) is 5.32 Å². The first kappa shape index (κ1) is 13.6. The van der Waals surface area contributed by atoms with Crippen LogP contribution in [-0.4, -0.2) is 5.91 Å². The number of anilines is 1. The summed E-state index contributed by atoms with van der Waals surface area (Å²) in [5.41, 5.74) is 9.30. The lowest BCUT2D eigenvalue weighted by molar-refractivity contribution is 0.0932. The number of hydrogen-bond donors (Lipinski definition) is 2. The molecule has 2 aromatic rings. The summed E-state index contributed by atoms with van der Waals surface area (Å²) in [5, 5.41) is 2.92. The van der Waals surface area contributed by atoms with Crippen LogP contribution in [0.2, 0.25) is 0 Å². The highest BCUT2D eigenvalue weighted by Crippen LogP contribution is 2.32. The minimum atomic E-state index is -0.453. The van der Waals surface area contributed by atoms with Crippen LogP contribution in [0, 0.1) is 12.7 Å². The van der Waals surface area contributed by atoms with Gasteiger partial charge in [0.15, 0.2) is 0 Å². The number of aryl methyl sites for hydroxylation is 2. The fourth-order valence-corrected chi connectivity index (χ4v) is 2.85. The van der Waals surface area contributed by atoms with Crippen molar-refractivity contribution in [3.63, 3.8) is 0 Å². The van der Waals surface area contributed by atoms with Crippen molar-refractivity contribution >= 4 is 11.6 Å². The molecule has 1 unspecified atom stereocenters. The lowest BCUT2D eigenvalue weighted by atomic mass is 10.1. The van der Waals surface area contributed by atoms with Crippen molar-refractivity contribution in [1.29, 1.82) is 0 Å². The van der Waals surface area contributed by atoms with E-state index in [1.54, 1.807) is 19.1 Å². The van der Waals surface area contributed by atoms with E-state index in [-0.39, 0.29) is 17.5 Å².